The highest BCUT2D eigenvalue weighted by molar-refractivity contribution is 6.20. The van der Waals surface area contributed by atoms with E-state index in [1.54, 1.807) is 25.6 Å². The first-order valence-corrected chi connectivity index (χ1v) is 10.6. The number of aryl methyl sites for hydroxylation is 1. The van der Waals surface area contributed by atoms with Crippen LogP contribution in [-0.2, 0) is 9.53 Å². The van der Waals surface area contributed by atoms with Crippen molar-refractivity contribution in [3.05, 3.63) is 41.6 Å². The Morgan fingerprint density at radius 2 is 1.87 bits per heavy atom. The van der Waals surface area contributed by atoms with Gasteiger partial charge in [0.05, 0.1) is 36.2 Å². The van der Waals surface area contributed by atoms with E-state index < -0.39 is 0 Å². The second-order valence-electron chi connectivity index (χ2n) is 8.41. The fraction of sp³-hybridized carbons (Fsp3) is 0.455. The minimum Gasteiger partial charge on any atom is -0.372 e. The van der Waals surface area contributed by atoms with Crippen molar-refractivity contribution in [2.45, 2.75) is 33.0 Å². The van der Waals surface area contributed by atoms with Gasteiger partial charge in [-0.25, -0.2) is 9.48 Å². The van der Waals surface area contributed by atoms with Crippen LogP contribution >= 0.6 is 0 Å². The molecule has 5 rings (SSSR count). The van der Waals surface area contributed by atoms with Gasteiger partial charge in [-0.1, -0.05) is 17.7 Å². The molecule has 1 aromatic heterocycles. The molecule has 3 amide bonds. The van der Waals surface area contributed by atoms with Gasteiger partial charge in [0.1, 0.15) is 12.4 Å². The van der Waals surface area contributed by atoms with Crippen molar-refractivity contribution < 1.29 is 14.3 Å². The largest absolute Gasteiger partial charge is 0.372 e. The van der Waals surface area contributed by atoms with Gasteiger partial charge in [0.25, 0.3) is 0 Å². The Balaban J connectivity index is 1.52. The monoisotopic (exact) mass is 422 g/mol. The molecule has 4 heterocycles. The topological polar surface area (TPSA) is 83.3 Å². The molecule has 0 saturated carbocycles. The molecule has 2 aromatic rings. The van der Waals surface area contributed by atoms with E-state index in [0.29, 0.717) is 37.8 Å². The lowest BCUT2D eigenvalue weighted by Gasteiger charge is -2.38. The highest BCUT2D eigenvalue weighted by atomic mass is 16.5. The normalized spacial score (nSPS) is 23.0. The third-order valence-corrected chi connectivity index (χ3v) is 5.89. The Bertz CT molecular complexity index is 1050. The molecule has 2 unspecified atom stereocenters. The summed E-state index contributed by atoms with van der Waals surface area (Å²) in [5.41, 5.74) is 2.74. The van der Waals surface area contributed by atoms with Gasteiger partial charge >= 0.3 is 6.03 Å². The molecular formula is C22H26N6O3. The number of anilines is 1. The molecule has 0 spiro atoms. The van der Waals surface area contributed by atoms with E-state index in [9.17, 15) is 9.59 Å². The fourth-order valence-electron chi connectivity index (χ4n) is 4.49. The number of morpholine rings is 1. The van der Waals surface area contributed by atoms with Crippen LogP contribution in [0.2, 0.25) is 0 Å². The zero-order valence-corrected chi connectivity index (χ0v) is 18.0. The average molecular weight is 422 g/mol. The Morgan fingerprint density at radius 1 is 1.16 bits per heavy atom. The highest BCUT2D eigenvalue weighted by Gasteiger charge is 2.42. The lowest BCUT2D eigenvalue weighted by atomic mass is 10.2. The van der Waals surface area contributed by atoms with Crippen molar-refractivity contribution in [1.82, 2.24) is 19.6 Å². The lowest BCUT2D eigenvalue weighted by Crippen LogP contribution is -2.56. The van der Waals surface area contributed by atoms with Crippen molar-refractivity contribution in [1.29, 1.82) is 0 Å². The molecular weight excluding hydrogens is 396 g/mol. The average Bonchev–Trinajstić information content (AvgIpc) is 3.38. The van der Waals surface area contributed by atoms with Gasteiger partial charge < -0.3 is 9.64 Å². The van der Waals surface area contributed by atoms with Crippen LogP contribution in [0.1, 0.15) is 25.0 Å². The molecule has 1 aromatic carbocycles. The fourth-order valence-corrected chi connectivity index (χ4v) is 4.49. The number of urea groups is 1. The zero-order chi connectivity index (χ0) is 21.7. The summed E-state index contributed by atoms with van der Waals surface area (Å²) in [6, 6.07) is 7.68. The van der Waals surface area contributed by atoms with Crippen LogP contribution in [0.25, 0.3) is 5.69 Å². The number of amides is 3. The predicted octanol–water partition coefficient (Wildman–Crippen LogP) is 1.82. The van der Waals surface area contributed by atoms with E-state index >= 15 is 0 Å². The van der Waals surface area contributed by atoms with Crippen molar-refractivity contribution in [3.8, 4) is 5.69 Å². The first-order chi connectivity index (χ1) is 14.9. The van der Waals surface area contributed by atoms with Gasteiger partial charge in [-0.15, -0.1) is 0 Å². The van der Waals surface area contributed by atoms with Gasteiger partial charge in [-0.05, 0) is 32.9 Å². The number of hydrogen-bond donors (Lipinski definition) is 0. The number of rotatable bonds is 3. The number of nitrogens with zero attached hydrogens (tertiary/aromatic N) is 6. The zero-order valence-electron chi connectivity index (χ0n) is 18.0. The second kappa shape index (κ2) is 7.49. The maximum Gasteiger partial charge on any atom is 0.331 e. The van der Waals surface area contributed by atoms with Crippen molar-refractivity contribution >= 4 is 23.6 Å². The van der Waals surface area contributed by atoms with E-state index in [1.807, 2.05) is 45.0 Å². The van der Waals surface area contributed by atoms with Crippen molar-refractivity contribution in [2.24, 2.45) is 4.99 Å². The van der Waals surface area contributed by atoms with Crippen LogP contribution in [0, 0.1) is 6.92 Å². The maximum absolute atomic E-state index is 13.4. The number of carbonyl (C=O) groups is 2. The number of benzene rings is 1. The number of aromatic nitrogens is 2. The summed E-state index contributed by atoms with van der Waals surface area (Å²) in [5, 5.41) is 4.56. The predicted molar refractivity (Wildman–Crippen MR) is 116 cm³/mol. The Kier molecular flexibility index (Phi) is 4.77. The highest BCUT2D eigenvalue weighted by Crippen LogP contribution is 2.33. The second-order valence-corrected chi connectivity index (χ2v) is 8.41. The molecule has 1 saturated heterocycles. The van der Waals surface area contributed by atoms with Gasteiger partial charge in [0, 0.05) is 19.6 Å². The van der Waals surface area contributed by atoms with E-state index in [2.05, 4.69) is 10.1 Å². The van der Waals surface area contributed by atoms with Crippen LogP contribution < -0.4 is 4.90 Å². The quantitative estimate of drug-likeness (QED) is 0.755. The Hall–Kier alpha value is -3.20. The number of carbonyl (C=O) groups excluding carboxylic acids is 2. The number of fused-ring (bicyclic) bond motifs is 3. The number of aliphatic imine (C=N–C) groups is 1. The van der Waals surface area contributed by atoms with Crippen LogP contribution in [0.15, 0.2) is 35.5 Å². The van der Waals surface area contributed by atoms with E-state index in [4.69, 9.17) is 4.74 Å². The molecule has 31 heavy (non-hydrogen) atoms. The molecule has 0 radical (unpaired) electrons. The summed E-state index contributed by atoms with van der Waals surface area (Å²) in [6.45, 7) is 7.99. The van der Waals surface area contributed by atoms with Crippen LogP contribution in [-0.4, -0.2) is 82.3 Å². The van der Waals surface area contributed by atoms with Gasteiger partial charge in [0.15, 0.2) is 5.82 Å². The number of amidine groups is 1. The Labute approximate surface area is 180 Å². The molecule has 3 aliphatic rings. The molecule has 9 heteroatoms. The SMILES string of the molecule is Cc1ccc(-n2ncc3c2N(CC(=O)N2CC(C)OC(C)C2)C(=O)N2CCN=C32)cc1. The molecule has 0 aliphatic carbocycles. The molecule has 3 aliphatic heterocycles. The molecule has 0 bridgehead atoms. The van der Waals surface area contributed by atoms with E-state index in [-0.39, 0.29) is 30.7 Å². The van der Waals surface area contributed by atoms with E-state index in [1.165, 1.54) is 0 Å². The van der Waals surface area contributed by atoms with Gasteiger partial charge in [-0.3, -0.25) is 19.6 Å². The van der Waals surface area contributed by atoms with Crippen LogP contribution in [0.4, 0.5) is 10.6 Å². The summed E-state index contributed by atoms with van der Waals surface area (Å²) in [4.78, 5) is 36.1. The Morgan fingerprint density at radius 3 is 2.58 bits per heavy atom. The third kappa shape index (κ3) is 3.38. The lowest BCUT2D eigenvalue weighted by molar-refractivity contribution is -0.141. The van der Waals surface area contributed by atoms with E-state index in [0.717, 1.165) is 16.8 Å². The summed E-state index contributed by atoms with van der Waals surface area (Å²) in [5.74, 6) is 1.13. The van der Waals surface area contributed by atoms with Gasteiger partial charge in [-0.2, -0.15) is 5.10 Å². The summed E-state index contributed by atoms with van der Waals surface area (Å²) in [7, 11) is 0. The summed E-state index contributed by atoms with van der Waals surface area (Å²) >= 11 is 0. The van der Waals surface area contributed by atoms with Gasteiger partial charge in [0.2, 0.25) is 5.91 Å². The molecule has 9 nitrogen and oxygen atoms in total. The third-order valence-electron chi connectivity index (χ3n) is 5.89. The standard InChI is InChI=1S/C22H26N6O3/c1-14-4-6-17(7-5-14)28-21-18(10-24-28)20-23-8-9-26(20)22(30)27(21)13-19(29)25-11-15(2)31-16(3)12-25/h4-7,10,15-16H,8-9,11-13H2,1-3H3. The van der Waals surface area contributed by atoms with Crippen molar-refractivity contribution in [2.75, 3.05) is 37.6 Å². The van der Waals surface area contributed by atoms with Crippen LogP contribution in [0.3, 0.4) is 0 Å². The number of ether oxygens (including phenoxy) is 1. The number of hydrogen-bond acceptors (Lipinski definition) is 5. The van der Waals surface area contributed by atoms with Crippen LogP contribution in [0.5, 0.6) is 0 Å². The minimum absolute atomic E-state index is 0.0317. The summed E-state index contributed by atoms with van der Waals surface area (Å²) < 4.78 is 7.48. The molecule has 162 valence electrons. The summed E-state index contributed by atoms with van der Waals surface area (Å²) in [6.07, 6.45) is 1.67. The maximum atomic E-state index is 13.4. The first kappa shape index (κ1) is 19.7. The first-order valence-electron chi connectivity index (χ1n) is 10.6. The smallest absolute Gasteiger partial charge is 0.331 e. The minimum atomic E-state index is -0.236. The van der Waals surface area contributed by atoms with Crippen molar-refractivity contribution in [3.63, 3.8) is 0 Å². The molecule has 1 fully saturated rings. The molecule has 0 N–H and O–H groups in total. The molecule has 2 atom stereocenters.